The number of nitrogens with zero attached hydrogens (tertiary/aromatic N) is 2. The smallest absolute Gasteiger partial charge is 0.320 e. The Labute approximate surface area is 40.5 Å². The maximum atomic E-state index is 4.51. The summed E-state index contributed by atoms with van der Waals surface area (Å²) in [6, 6.07) is 0.444. The van der Waals surface area contributed by atoms with E-state index < -0.39 is 0 Å². The Morgan fingerprint density at radius 3 is 3.00 bits per heavy atom. The molecule has 0 bridgehead atoms. The van der Waals surface area contributed by atoms with Gasteiger partial charge in [-0.3, -0.25) is 0 Å². The van der Waals surface area contributed by atoms with E-state index in [4.69, 9.17) is 0 Å². The topological polar surface area (TPSA) is 51.0 Å². The molecule has 0 aliphatic carbocycles. The molecule has 1 rings (SSSR count). The van der Waals surface area contributed by atoms with Crippen LogP contribution in [-0.4, -0.2) is 17.2 Å². The standard InChI is InChI=1S/C3H5N3O/c1-4-3-5-2-6-7-3/h2H,1H3,(H,4,5,6). The molecule has 0 aliphatic rings. The van der Waals surface area contributed by atoms with Gasteiger partial charge < -0.3 is 9.84 Å². The summed E-state index contributed by atoms with van der Waals surface area (Å²) in [6.45, 7) is 0. The molecule has 0 saturated carbocycles. The van der Waals surface area contributed by atoms with Crippen LogP contribution >= 0.6 is 0 Å². The Morgan fingerprint density at radius 1 is 1.86 bits per heavy atom. The molecule has 4 nitrogen and oxygen atoms in total. The van der Waals surface area contributed by atoms with Gasteiger partial charge in [0.1, 0.15) is 0 Å². The van der Waals surface area contributed by atoms with E-state index >= 15 is 0 Å². The van der Waals surface area contributed by atoms with Crippen molar-refractivity contribution in [1.82, 2.24) is 10.1 Å². The molecule has 1 aromatic heterocycles. The Bertz CT molecular complexity index is 125. The SMILES string of the molecule is CNc1ncno1. The van der Waals surface area contributed by atoms with Gasteiger partial charge in [-0.2, -0.15) is 4.98 Å². The zero-order valence-electron chi connectivity index (χ0n) is 3.88. The molecule has 0 atom stereocenters. The van der Waals surface area contributed by atoms with Gasteiger partial charge in [-0.25, -0.2) is 0 Å². The van der Waals surface area contributed by atoms with Gasteiger partial charge in [-0.15, -0.1) is 0 Å². The highest BCUT2D eigenvalue weighted by atomic mass is 16.5. The van der Waals surface area contributed by atoms with Gasteiger partial charge in [0, 0.05) is 7.05 Å². The second-order valence-electron chi connectivity index (χ2n) is 0.996. The molecule has 38 valence electrons. The molecular weight excluding hydrogens is 94.1 g/mol. The third-order valence-electron chi connectivity index (χ3n) is 0.575. The summed E-state index contributed by atoms with van der Waals surface area (Å²) in [7, 11) is 1.72. The predicted octanol–water partition coefficient (Wildman–Crippen LogP) is 0.111. The molecular formula is C3H5N3O. The number of hydrogen-bond acceptors (Lipinski definition) is 4. The highest BCUT2D eigenvalue weighted by Crippen LogP contribution is 1.92. The zero-order valence-corrected chi connectivity index (χ0v) is 3.88. The Hall–Kier alpha value is -1.06. The second-order valence-corrected chi connectivity index (χ2v) is 0.996. The second kappa shape index (κ2) is 1.59. The summed E-state index contributed by atoms with van der Waals surface area (Å²) >= 11 is 0. The van der Waals surface area contributed by atoms with Crippen LogP contribution in [-0.2, 0) is 0 Å². The first kappa shape index (κ1) is 4.11. The van der Waals surface area contributed by atoms with Crippen LogP contribution < -0.4 is 5.32 Å². The molecule has 1 aromatic rings. The lowest BCUT2D eigenvalue weighted by Crippen LogP contribution is -1.84. The van der Waals surface area contributed by atoms with Crippen molar-refractivity contribution in [2.75, 3.05) is 12.4 Å². The summed E-state index contributed by atoms with van der Waals surface area (Å²) in [5.41, 5.74) is 0. The molecule has 0 aliphatic heterocycles. The van der Waals surface area contributed by atoms with Crippen molar-refractivity contribution in [1.29, 1.82) is 0 Å². The average molecular weight is 99.1 g/mol. The van der Waals surface area contributed by atoms with E-state index in [9.17, 15) is 0 Å². The van der Waals surface area contributed by atoms with E-state index in [2.05, 4.69) is 20.0 Å². The number of hydrogen-bond donors (Lipinski definition) is 1. The fourth-order valence-electron chi connectivity index (χ4n) is 0.283. The van der Waals surface area contributed by atoms with E-state index in [-0.39, 0.29) is 0 Å². The summed E-state index contributed by atoms with van der Waals surface area (Å²) in [6.07, 6.45) is 1.34. The van der Waals surface area contributed by atoms with Crippen molar-refractivity contribution < 1.29 is 4.52 Å². The minimum atomic E-state index is 0.444. The van der Waals surface area contributed by atoms with Crippen LogP contribution in [0.1, 0.15) is 0 Å². The molecule has 0 radical (unpaired) electrons. The minimum absolute atomic E-state index is 0.444. The van der Waals surface area contributed by atoms with Crippen molar-refractivity contribution in [2.45, 2.75) is 0 Å². The van der Waals surface area contributed by atoms with Crippen molar-refractivity contribution in [3.63, 3.8) is 0 Å². The predicted molar refractivity (Wildman–Crippen MR) is 23.8 cm³/mol. The molecule has 1 N–H and O–H groups in total. The number of aromatic nitrogens is 2. The van der Waals surface area contributed by atoms with E-state index in [1.165, 1.54) is 6.33 Å². The Kier molecular flexibility index (Phi) is 0.934. The van der Waals surface area contributed by atoms with Crippen LogP contribution in [0.3, 0.4) is 0 Å². The molecule has 0 spiro atoms. The average Bonchev–Trinajstić information content (AvgIpc) is 2.14. The molecule has 0 aromatic carbocycles. The molecule has 0 fully saturated rings. The van der Waals surface area contributed by atoms with Crippen LogP contribution in [0.4, 0.5) is 6.01 Å². The number of anilines is 1. The molecule has 0 unspecified atom stereocenters. The van der Waals surface area contributed by atoms with Crippen molar-refractivity contribution in [3.8, 4) is 0 Å². The fraction of sp³-hybridized carbons (Fsp3) is 0.333. The van der Waals surface area contributed by atoms with E-state index in [0.29, 0.717) is 6.01 Å². The minimum Gasteiger partial charge on any atom is -0.341 e. The highest BCUT2D eigenvalue weighted by molar-refractivity contribution is 5.12. The third kappa shape index (κ3) is 0.677. The lowest BCUT2D eigenvalue weighted by atomic mass is 11.1. The maximum Gasteiger partial charge on any atom is 0.320 e. The van der Waals surface area contributed by atoms with Gasteiger partial charge in [0.25, 0.3) is 0 Å². The van der Waals surface area contributed by atoms with E-state index in [1.54, 1.807) is 7.05 Å². The Morgan fingerprint density at radius 2 is 2.71 bits per heavy atom. The van der Waals surface area contributed by atoms with Crippen molar-refractivity contribution >= 4 is 6.01 Å². The highest BCUT2D eigenvalue weighted by Gasteiger charge is 1.86. The van der Waals surface area contributed by atoms with Gasteiger partial charge in [0.2, 0.25) is 0 Å². The van der Waals surface area contributed by atoms with Crippen LogP contribution in [0.15, 0.2) is 10.9 Å². The largest absolute Gasteiger partial charge is 0.341 e. The third-order valence-corrected chi connectivity index (χ3v) is 0.575. The summed E-state index contributed by atoms with van der Waals surface area (Å²) in [5.74, 6) is 0. The van der Waals surface area contributed by atoms with E-state index in [0.717, 1.165) is 0 Å². The molecule has 0 saturated heterocycles. The fourth-order valence-corrected chi connectivity index (χ4v) is 0.283. The first-order valence-corrected chi connectivity index (χ1v) is 1.88. The van der Waals surface area contributed by atoms with Gasteiger partial charge in [0.15, 0.2) is 6.33 Å². The lowest BCUT2D eigenvalue weighted by molar-refractivity contribution is 0.432. The molecule has 0 amide bonds. The van der Waals surface area contributed by atoms with E-state index in [1.807, 2.05) is 0 Å². The summed E-state index contributed by atoms with van der Waals surface area (Å²) < 4.78 is 4.51. The summed E-state index contributed by atoms with van der Waals surface area (Å²) in [4.78, 5) is 3.65. The molecule has 4 heteroatoms. The van der Waals surface area contributed by atoms with Crippen LogP contribution in [0, 0.1) is 0 Å². The maximum absolute atomic E-state index is 4.51. The zero-order chi connectivity index (χ0) is 5.11. The quantitative estimate of drug-likeness (QED) is 0.543. The van der Waals surface area contributed by atoms with Gasteiger partial charge >= 0.3 is 6.01 Å². The first-order chi connectivity index (χ1) is 3.43. The van der Waals surface area contributed by atoms with Crippen molar-refractivity contribution in [3.05, 3.63) is 6.33 Å². The van der Waals surface area contributed by atoms with Gasteiger partial charge in [-0.1, -0.05) is 5.16 Å². The van der Waals surface area contributed by atoms with Crippen LogP contribution in [0.5, 0.6) is 0 Å². The van der Waals surface area contributed by atoms with Crippen LogP contribution in [0.2, 0.25) is 0 Å². The number of nitrogens with one attached hydrogen (secondary N) is 1. The molecule has 1 heterocycles. The van der Waals surface area contributed by atoms with Gasteiger partial charge in [0.05, 0.1) is 0 Å². The van der Waals surface area contributed by atoms with Crippen molar-refractivity contribution in [2.24, 2.45) is 0 Å². The Balaban J connectivity index is 2.76. The first-order valence-electron chi connectivity index (χ1n) is 1.88. The van der Waals surface area contributed by atoms with Crippen LogP contribution in [0.25, 0.3) is 0 Å². The van der Waals surface area contributed by atoms with Gasteiger partial charge in [-0.05, 0) is 0 Å². The number of rotatable bonds is 1. The molecule has 7 heavy (non-hydrogen) atoms. The lowest BCUT2D eigenvalue weighted by Gasteiger charge is -1.80. The normalized spacial score (nSPS) is 8.71. The monoisotopic (exact) mass is 99.0 g/mol. The summed E-state index contributed by atoms with van der Waals surface area (Å²) in [5, 5.41) is 6.01.